The molecule has 0 bridgehead atoms. The van der Waals surface area contributed by atoms with Gasteiger partial charge in [-0.3, -0.25) is 0 Å². The molecule has 0 aliphatic heterocycles. The number of pyridine rings is 1. The van der Waals surface area contributed by atoms with Gasteiger partial charge >= 0.3 is 0 Å². The molecule has 1 aliphatic carbocycles. The molecule has 0 saturated heterocycles. The van der Waals surface area contributed by atoms with Crippen molar-refractivity contribution in [1.82, 2.24) is 10.3 Å². The van der Waals surface area contributed by atoms with Gasteiger partial charge in [-0.25, -0.2) is 9.37 Å². The van der Waals surface area contributed by atoms with Crippen LogP contribution in [0.5, 0.6) is 0 Å². The predicted octanol–water partition coefficient (Wildman–Crippen LogP) is 4.39. The van der Waals surface area contributed by atoms with Crippen LogP contribution in [0, 0.1) is 5.82 Å². The van der Waals surface area contributed by atoms with Crippen LogP contribution in [0.1, 0.15) is 18.4 Å². The summed E-state index contributed by atoms with van der Waals surface area (Å²) < 4.78 is 15.0. The summed E-state index contributed by atoms with van der Waals surface area (Å²) in [4.78, 5) is 4.85. The third-order valence-corrected chi connectivity index (χ3v) is 4.55. The van der Waals surface area contributed by atoms with Gasteiger partial charge in [0.2, 0.25) is 0 Å². The average molecular weight is 353 g/mol. The molecule has 2 aromatic rings. The average Bonchev–Trinajstić information content (AvgIpc) is 3.26. The highest BCUT2D eigenvalue weighted by molar-refractivity contribution is 9.10. The lowest BCUT2D eigenvalue weighted by Gasteiger charge is -2.06. The molecule has 3 rings (SSSR count). The first-order valence-corrected chi connectivity index (χ1v) is 8.13. The molecule has 0 unspecified atom stereocenters. The van der Waals surface area contributed by atoms with Crippen LogP contribution in [-0.2, 0) is 6.54 Å². The molecule has 0 atom stereocenters. The summed E-state index contributed by atoms with van der Waals surface area (Å²) >= 11 is 4.68. The summed E-state index contributed by atoms with van der Waals surface area (Å²) in [5.74, 6) is -0.185. The summed E-state index contributed by atoms with van der Waals surface area (Å²) in [5, 5.41) is 4.17. The Morgan fingerprint density at radius 1 is 1.30 bits per heavy atom. The molecule has 2 nitrogen and oxygen atoms in total. The van der Waals surface area contributed by atoms with Gasteiger partial charge in [0.25, 0.3) is 0 Å². The van der Waals surface area contributed by atoms with E-state index in [2.05, 4.69) is 26.2 Å². The molecule has 20 heavy (non-hydrogen) atoms. The van der Waals surface area contributed by atoms with Crippen LogP contribution in [0.2, 0.25) is 0 Å². The predicted molar refractivity (Wildman–Crippen MR) is 82.3 cm³/mol. The standard InChI is InChI=1S/C15H14BrFN2S/c16-11-2-6-15(19-9-11)20-14-5-1-10(7-13(14)17)8-18-12-3-4-12/h1-2,5-7,9,12,18H,3-4,8H2. The van der Waals surface area contributed by atoms with E-state index in [0.717, 1.165) is 21.6 Å². The van der Waals surface area contributed by atoms with Gasteiger partial charge in [0.05, 0.1) is 0 Å². The number of nitrogens with one attached hydrogen (secondary N) is 1. The second kappa shape index (κ2) is 6.24. The topological polar surface area (TPSA) is 24.9 Å². The van der Waals surface area contributed by atoms with Crippen LogP contribution < -0.4 is 5.32 Å². The van der Waals surface area contributed by atoms with Crippen molar-refractivity contribution >= 4 is 27.7 Å². The van der Waals surface area contributed by atoms with Crippen LogP contribution in [0.4, 0.5) is 4.39 Å². The van der Waals surface area contributed by atoms with Gasteiger partial charge in [-0.2, -0.15) is 0 Å². The number of rotatable bonds is 5. The smallest absolute Gasteiger partial charge is 0.137 e. The van der Waals surface area contributed by atoms with Crippen LogP contribution in [0.15, 0.2) is 50.9 Å². The van der Waals surface area contributed by atoms with Crippen LogP contribution in [0.3, 0.4) is 0 Å². The summed E-state index contributed by atoms with van der Waals surface area (Å²) in [6.07, 6.45) is 4.20. The Balaban J connectivity index is 1.68. The van der Waals surface area contributed by atoms with Crippen LogP contribution >= 0.6 is 27.7 Å². The second-order valence-electron chi connectivity index (χ2n) is 4.84. The maximum atomic E-state index is 14.1. The van der Waals surface area contributed by atoms with E-state index in [1.54, 1.807) is 12.3 Å². The number of aromatic nitrogens is 1. The van der Waals surface area contributed by atoms with Gasteiger partial charge < -0.3 is 5.32 Å². The van der Waals surface area contributed by atoms with Crippen molar-refractivity contribution < 1.29 is 4.39 Å². The molecule has 5 heteroatoms. The number of benzene rings is 1. The largest absolute Gasteiger partial charge is 0.310 e. The molecule has 1 fully saturated rings. The van der Waals surface area contributed by atoms with Crippen molar-refractivity contribution in [2.75, 3.05) is 0 Å². The van der Waals surface area contributed by atoms with E-state index in [4.69, 9.17) is 0 Å². The minimum atomic E-state index is -0.185. The highest BCUT2D eigenvalue weighted by atomic mass is 79.9. The maximum absolute atomic E-state index is 14.1. The second-order valence-corrected chi connectivity index (χ2v) is 6.81. The van der Waals surface area contributed by atoms with E-state index in [1.165, 1.54) is 24.6 Å². The Morgan fingerprint density at radius 2 is 2.15 bits per heavy atom. The summed E-state index contributed by atoms with van der Waals surface area (Å²) in [6.45, 7) is 0.739. The molecule has 1 aliphatic rings. The Bertz CT molecular complexity index is 599. The minimum Gasteiger partial charge on any atom is -0.310 e. The quantitative estimate of drug-likeness (QED) is 0.863. The van der Waals surface area contributed by atoms with E-state index in [9.17, 15) is 4.39 Å². The van der Waals surface area contributed by atoms with E-state index >= 15 is 0 Å². The Hall–Kier alpha value is -0.910. The zero-order chi connectivity index (χ0) is 13.9. The first-order chi connectivity index (χ1) is 9.70. The number of nitrogens with zero attached hydrogens (tertiary/aromatic N) is 1. The van der Waals surface area contributed by atoms with Crippen LogP contribution in [-0.4, -0.2) is 11.0 Å². The van der Waals surface area contributed by atoms with Crippen molar-refractivity contribution in [2.24, 2.45) is 0 Å². The zero-order valence-electron chi connectivity index (χ0n) is 10.8. The minimum absolute atomic E-state index is 0.185. The van der Waals surface area contributed by atoms with Crippen LogP contribution in [0.25, 0.3) is 0 Å². The zero-order valence-corrected chi connectivity index (χ0v) is 13.2. The van der Waals surface area contributed by atoms with Crippen molar-refractivity contribution in [2.45, 2.75) is 35.3 Å². The third kappa shape index (κ3) is 3.81. The van der Waals surface area contributed by atoms with Gasteiger partial charge in [0, 0.05) is 28.2 Å². The van der Waals surface area contributed by atoms with E-state index < -0.39 is 0 Å². The molecule has 1 aromatic carbocycles. The molecule has 0 amide bonds. The van der Waals surface area contributed by atoms with Crippen molar-refractivity contribution in [3.63, 3.8) is 0 Å². The van der Waals surface area contributed by atoms with Crippen molar-refractivity contribution in [3.05, 3.63) is 52.4 Å². The van der Waals surface area contributed by atoms with Gasteiger partial charge in [0.1, 0.15) is 10.8 Å². The summed E-state index contributed by atoms with van der Waals surface area (Å²) in [7, 11) is 0. The van der Waals surface area contributed by atoms with E-state index in [0.29, 0.717) is 10.9 Å². The normalized spacial score (nSPS) is 14.5. The van der Waals surface area contributed by atoms with E-state index in [1.807, 2.05) is 24.3 Å². The molecular weight excluding hydrogens is 339 g/mol. The molecule has 1 N–H and O–H groups in total. The first kappa shape index (κ1) is 14.0. The van der Waals surface area contributed by atoms with Gasteiger partial charge in [-0.05, 0) is 58.6 Å². The Morgan fingerprint density at radius 3 is 2.80 bits per heavy atom. The molecule has 1 aromatic heterocycles. The first-order valence-electron chi connectivity index (χ1n) is 6.52. The van der Waals surface area contributed by atoms with Gasteiger partial charge in [0.15, 0.2) is 0 Å². The fraction of sp³-hybridized carbons (Fsp3) is 0.267. The molecule has 1 saturated carbocycles. The summed E-state index contributed by atoms with van der Waals surface area (Å²) in [5.41, 5.74) is 0.988. The highest BCUT2D eigenvalue weighted by Gasteiger charge is 2.20. The molecular formula is C15H14BrFN2S. The van der Waals surface area contributed by atoms with E-state index in [-0.39, 0.29) is 5.82 Å². The Labute approximate surface area is 130 Å². The lowest BCUT2D eigenvalue weighted by molar-refractivity contribution is 0.595. The number of halogens is 2. The van der Waals surface area contributed by atoms with Crippen molar-refractivity contribution in [3.8, 4) is 0 Å². The SMILES string of the molecule is Fc1cc(CNC2CC2)ccc1Sc1ccc(Br)cn1. The Kier molecular flexibility index (Phi) is 4.38. The van der Waals surface area contributed by atoms with Gasteiger partial charge in [-0.1, -0.05) is 17.8 Å². The highest BCUT2D eigenvalue weighted by Crippen LogP contribution is 2.29. The fourth-order valence-electron chi connectivity index (χ4n) is 1.82. The lowest BCUT2D eigenvalue weighted by atomic mass is 10.2. The molecule has 0 radical (unpaired) electrons. The monoisotopic (exact) mass is 352 g/mol. The fourth-order valence-corrected chi connectivity index (χ4v) is 2.82. The summed E-state index contributed by atoms with van der Waals surface area (Å²) in [6, 6.07) is 9.82. The molecule has 104 valence electrons. The molecule has 0 spiro atoms. The third-order valence-electron chi connectivity index (χ3n) is 3.08. The number of hydrogen-bond donors (Lipinski definition) is 1. The van der Waals surface area contributed by atoms with Gasteiger partial charge in [-0.15, -0.1) is 0 Å². The maximum Gasteiger partial charge on any atom is 0.137 e. The molecule has 1 heterocycles. The lowest BCUT2D eigenvalue weighted by Crippen LogP contribution is -2.15. The van der Waals surface area contributed by atoms with Crippen molar-refractivity contribution in [1.29, 1.82) is 0 Å². The number of hydrogen-bond acceptors (Lipinski definition) is 3.